The van der Waals surface area contributed by atoms with Crippen LogP contribution in [0.5, 0.6) is 0 Å². The van der Waals surface area contributed by atoms with Crippen LogP contribution < -0.4 is 27.1 Å². The van der Waals surface area contributed by atoms with Crippen molar-refractivity contribution >= 4 is 23.3 Å². The third-order valence-electron chi connectivity index (χ3n) is 3.32. The summed E-state index contributed by atoms with van der Waals surface area (Å²) in [6, 6.07) is 15.5. The van der Waals surface area contributed by atoms with E-state index >= 15 is 0 Å². The monoisotopic (exact) mass is 420 g/mol. The summed E-state index contributed by atoms with van der Waals surface area (Å²) in [6.07, 6.45) is 2.96. The number of nitrogens with zero attached hydrogens (tertiary/aromatic N) is 3. The topological polar surface area (TPSA) is 67.9 Å². The number of halogens is 2. The van der Waals surface area contributed by atoms with Gasteiger partial charge in [-0.1, -0.05) is 29.8 Å². The average Bonchev–Trinajstić information content (AvgIpc) is 3.03. The third kappa shape index (κ3) is 4.98. The Morgan fingerprint density at radius 1 is 1.04 bits per heavy atom. The first-order valence-corrected chi connectivity index (χ1v) is 7.58. The van der Waals surface area contributed by atoms with Crippen molar-refractivity contribution in [2.24, 2.45) is 0 Å². The molecule has 0 radical (unpaired) electrons. The molecular weight excluding hydrogens is 408 g/mol. The fraction of sp³-hybridized carbons (Fsp3) is 0.0588. The van der Waals surface area contributed by atoms with Crippen molar-refractivity contribution in [3.05, 3.63) is 83.4 Å². The molecule has 25 heavy (non-hydrogen) atoms. The highest BCUT2D eigenvalue weighted by atomic mass is 79.9. The van der Waals surface area contributed by atoms with Gasteiger partial charge in [-0.2, -0.15) is 0 Å². The van der Waals surface area contributed by atoms with Crippen molar-refractivity contribution in [2.45, 2.75) is 6.54 Å². The largest absolute Gasteiger partial charge is 1.00 e. The molecule has 6 nitrogen and oxygen atoms in total. The number of aromatic nitrogens is 3. The summed E-state index contributed by atoms with van der Waals surface area (Å²) in [4.78, 5) is 24.2. The standard InChI is InChI=1S/C17H13ClN4O2.BrH/c18-15-8-6-13(7-9-15)16(23)10-21-12-22(11-19-21)20-17(24)14-4-2-1-3-5-14;/h1-9,11-12H,10H2;1H. The molecule has 0 unspecified atom stereocenters. The van der Waals surface area contributed by atoms with Crippen LogP contribution in [-0.2, 0) is 6.54 Å². The lowest BCUT2D eigenvalue weighted by atomic mass is 10.1. The van der Waals surface area contributed by atoms with Crippen LogP contribution in [0.4, 0.5) is 0 Å². The van der Waals surface area contributed by atoms with Gasteiger partial charge in [-0.05, 0) is 36.4 Å². The lowest BCUT2D eigenvalue weighted by Gasteiger charge is -2.00. The van der Waals surface area contributed by atoms with Crippen LogP contribution in [0.25, 0.3) is 0 Å². The molecule has 0 aliphatic carbocycles. The Morgan fingerprint density at radius 3 is 2.40 bits per heavy atom. The van der Waals surface area contributed by atoms with Gasteiger partial charge >= 0.3 is 0 Å². The van der Waals surface area contributed by atoms with Gasteiger partial charge in [0.15, 0.2) is 12.3 Å². The van der Waals surface area contributed by atoms with E-state index in [0.717, 1.165) is 0 Å². The molecule has 0 aliphatic heterocycles. The highest BCUT2D eigenvalue weighted by Crippen LogP contribution is 2.10. The molecule has 0 bridgehead atoms. The summed E-state index contributed by atoms with van der Waals surface area (Å²) in [5.74, 6) is -0.361. The van der Waals surface area contributed by atoms with E-state index < -0.39 is 0 Å². The first kappa shape index (κ1) is 18.8. The summed E-state index contributed by atoms with van der Waals surface area (Å²) >= 11 is 5.81. The summed E-state index contributed by atoms with van der Waals surface area (Å²) in [6.45, 7) is 0.0653. The number of ketones is 1. The van der Waals surface area contributed by atoms with Gasteiger partial charge in [0.25, 0.3) is 12.2 Å². The van der Waals surface area contributed by atoms with Crippen molar-refractivity contribution in [1.82, 2.24) is 9.78 Å². The SMILES string of the molecule is O=C(Cn1c[n+](NC(=O)c2ccccc2)cn1)c1ccc(Cl)cc1.[Br-]. The molecule has 0 atom stereocenters. The average molecular weight is 422 g/mol. The van der Waals surface area contributed by atoms with E-state index in [2.05, 4.69) is 10.5 Å². The Hall–Kier alpha value is -2.51. The van der Waals surface area contributed by atoms with Gasteiger partial charge in [0.2, 0.25) is 6.33 Å². The molecule has 1 aromatic heterocycles. The second-order valence-electron chi connectivity index (χ2n) is 5.09. The van der Waals surface area contributed by atoms with Crippen LogP contribution in [0.1, 0.15) is 20.7 Å². The number of amides is 1. The number of hydrogen-bond acceptors (Lipinski definition) is 3. The van der Waals surface area contributed by atoms with E-state index in [4.69, 9.17) is 11.6 Å². The lowest BCUT2D eigenvalue weighted by molar-refractivity contribution is -0.642. The molecule has 128 valence electrons. The molecule has 0 fully saturated rings. The van der Waals surface area contributed by atoms with E-state index in [-0.39, 0.29) is 35.2 Å². The Morgan fingerprint density at radius 2 is 1.72 bits per heavy atom. The summed E-state index contributed by atoms with van der Waals surface area (Å²) < 4.78 is 2.85. The molecule has 1 N–H and O–H groups in total. The van der Waals surface area contributed by atoms with Gasteiger partial charge in [-0.25, -0.2) is 5.43 Å². The maximum atomic E-state index is 12.2. The number of nitrogens with one attached hydrogen (secondary N) is 1. The van der Waals surface area contributed by atoms with E-state index in [0.29, 0.717) is 16.1 Å². The molecule has 3 aromatic rings. The van der Waals surface area contributed by atoms with Crippen molar-refractivity contribution in [2.75, 3.05) is 5.43 Å². The van der Waals surface area contributed by atoms with Crippen molar-refractivity contribution in [3.63, 3.8) is 0 Å². The van der Waals surface area contributed by atoms with E-state index in [1.54, 1.807) is 48.5 Å². The maximum Gasteiger partial charge on any atom is 0.287 e. The summed E-state index contributed by atoms with van der Waals surface area (Å²) in [5.41, 5.74) is 3.75. The first-order chi connectivity index (χ1) is 11.6. The predicted molar refractivity (Wildman–Crippen MR) is 88.3 cm³/mol. The summed E-state index contributed by atoms with van der Waals surface area (Å²) in [5, 5.41) is 4.64. The molecule has 0 spiro atoms. The minimum Gasteiger partial charge on any atom is -1.00 e. The number of carbonyl (C=O) groups is 2. The van der Waals surface area contributed by atoms with Crippen molar-refractivity contribution in [1.29, 1.82) is 0 Å². The molecule has 1 heterocycles. The first-order valence-electron chi connectivity index (χ1n) is 7.21. The van der Waals surface area contributed by atoms with Crippen LogP contribution in [0, 0.1) is 0 Å². The summed E-state index contributed by atoms with van der Waals surface area (Å²) in [7, 11) is 0. The fourth-order valence-corrected chi connectivity index (χ4v) is 2.24. The van der Waals surface area contributed by atoms with Gasteiger partial charge in [-0.3, -0.25) is 9.59 Å². The van der Waals surface area contributed by atoms with Crippen molar-refractivity contribution < 1.29 is 31.2 Å². The number of Topliss-reactive ketones (excluding diaryl/α,β-unsaturated/α-hetero) is 1. The second kappa shape index (κ2) is 8.55. The third-order valence-corrected chi connectivity index (χ3v) is 3.57. The Bertz CT molecular complexity index is 866. The van der Waals surface area contributed by atoms with Crippen LogP contribution in [0.3, 0.4) is 0 Å². The fourth-order valence-electron chi connectivity index (χ4n) is 2.11. The molecule has 0 saturated carbocycles. The zero-order valence-electron chi connectivity index (χ0n) is 13.0. The normalized spacial score (nSPS) is 9.96. The molecule has 0 saturated heterocycles. The number of hydrogen-bond donors (Lipinski definition) is 1. The zero-order chi connectivity index (χ0) is 16.9. The minimum absolute atomic E-state index is 0. The Labute approximate surface area is 159 Å². The van der Waals surface area contributed by atoms with Crippen LogP contribution in [-0.4, -0.2) is 21.5 Å². The highest BCUT2D eigenvalue weighted by molar-refractivity contribution is 6.30. The van der Waals surface area contributed by atoms with E-state index in [1.807, 2.05) is 6.07 Å². The molecule has 3 rings (SSSR count). The van der Waals surface area contributed by atoms with Gasteiger partial charge < -0.3 is 17.0 Å². The minimum atomic E-state index is -0.260. The smallest absolute Gasteiger partial charge is 0.287 e. The highest BCUT2D eigenvalue weighted by Gasteiger charge is 2.15. The number of rotatable bonds is 5. The van der Waals surface area contributed by atoms with Gasteiger partial charge in [0.1, 0.15) is 0 Å². The number of benzene rings is 2. The molecule has 0 aliphatic rings. The number of carbonyl (C=O) groups excluding carboxylic acids is 2. The van der Waals surface area contributed by atoms with E-state index in [9.17, 15) is 9.59 Å². The predicted octanol–water partition coefficient (Wildman–Crippen LogP) is -0.905. The van der Waals surface area contributed by atoms with E-state index in [1.165, 1.54) is 22.0 Å². The second-order valence-corrected chi connectivity index (χ2v) is 5.52. The van der Waals surface area contributed by atoms with Gasteiger partial charge in [0, 0.05) is 21.2 Å². The van der Waals surface area contributed by atoms with Crippen LogP contribution >= 0.6 is 11.6 Å². The van der Waals surface area contributed by atoms with Crippen molar-refractivity contribution in [3.8, 4) is 0 Å². The van der Waals surface area contributed by atoms with Gasteiger partial charge in [0.05, 0.1) is 0 Å². The Balaban J connectivity index is 0.00000225. The molecule has 8 heteroatoms. The Kier molecular flexibility index (Phi) is 6.44. The van der Waals surface area contributed by atoms with Gasteiger partial charge in [-0.15, -0.1) is 9.36 Å². The maximum absolute atomic E-state index is 12.2. The quantitative estimate of drug-likeness (QED) is 0.429. The zero-order valence-corrected chi connectivity index (χ0v) is 15.3. The lowest BCUT2D eigenvalue weighted by Crippen LogP contribution is -3.00. The van der Waals surface area contributed by atoms with Crippen LogP contribution in [0.2, 0.25) is 5.02 Å². The molecule has 2 aromatic carbocycles. The van der Waals surface area contributed by atoms with Crippen LogP contribution in [0.15, 0.2) is 67.3 Å². The molecular formula is C17H14BrClN4O2. The molecule has 1 amide bonds.